The van der Waals surface area contributed by atoms with Crippen molar-refractivity contribution in [2.24, 2.45) is 0 Å². The summed E-state index contributed by atoms with van der Waals surface area (Å²) in [6.45, 7) is 0. The molecule has 0 aliphatic heterocycles. The molecule has 0 atom stereocenters. The Bertz CT molecular complexity index is 1020. The Kier molecular flexibility index (Phi) is 3.58. The number of hydrogen-bond donors (Lipinski definition) is 1. The van der Waals surface area contributed by atoms with Crippen LogP contribution in [0.25, 0.3) is 33.7 Å². The van der Waals surface area contributed by atoms with E-state index in [0.717, 1.165) is 11.1 Å². The lowest BCUT2D eigenvalue weighted by Crippen LogP contribution is -1.83. The first-order chi connectivity index (χ1) is 11.6. The van der Waals surface area contributed by atoms with Gasteiger partial charge < -0.3 is 9.52 Å². The first-order valence-electron chi connectivity index (χ1n) is 7.26. The van der Waals surface area contributed by atoms with Gasteiger partial charge in [-0.2, -0.15) is 0 Å². The fourth-order valence-electron chi connectivity index (χ4n) is 2.56. The Morgan fingerprint density at radius 1 is 0.917 bits per heavy atom. The van der Waals surface area contributed by atoms with Crippen LogP contribution in [0.15, 0.2) is 69.6 Å². The quantitative estimate of drug-likeness (QED) is 0.477. The molecule has 0 aliphatic rings. The van der Waals surface area contributed by atoms with E-state index in [9.17, 15) is 9.50 Å². The summed E-state index contributed by atoms with van der Waals surface area (Å²) in [6, 6.07) is 18.3. The molecule has 3 aromatic carbocycles. The molecule has 1 aromatic heterocycles. The number of aromatic nitrogens is 1. The minimum absolute atomic E-state index is 0.0220. The van der Waals surface area contributed by atoms with Crippen LogP contribution in [0.4, 0.5) is 4.39 Å². The van der Waals surface area contributed by atoms with Crippen LogP contribution in [-0.4, -0.2) is 10.1 Å². The number of phenols is 1. The highest BCUT2D eigenvalue weighted by Crippen LogP contribution is 2.34. The molecule has 4 aromatic rings. The molecule has 1 N–H and O–H groups in total. The van der Waals surface area contributed by atoms with Crippen molar-refractivity contribution in [1.29, 1.82) is 0 Å². The minimum Gasteiger partial charge on any atom is -0.507 e. The highest BCUT2D eigenvalue weighted by atomic mass is 79.9. The topological polar surface area (TPSA) is 46.3 Å². The predicted molar refractivity (Wildman–Crippen MR) is 94.2 cm³/mol. The molecule has 4 rings (SSSR count). The molecule has 0 fully saturated rings. The van der Waals surface area contributed by atoms with Crippen molar-refractivity contribution < 1.29 is 13.9 Å². The number of halogens is 2. The molecule has 0 saturated carbocycles. The van der Waals surface area contributed by atoms with Crippen LogP contribution in [0.1, 0.15) is 0 Å². The second-order valence-corrected chi connectivity index (χ2v) is 6.15. The van der Waals surface area contributed by atoms with Crippen LogP contribution in [0.2, 0.25) is 0 Å². The maximum absolute atomic E-state index is 13.8. The largest absolute Gasteiger partial charge is 0.507 e. The number of oxazole rings is 1. The molecule has 0 radical (unpaired) electrons. The molecule has 0 aliphatic carbocycles. The van der Waals surface area contributed by atoms with Crippen molar-refractivity contribution in [3.05, 3.63) is 71.0 Å². The molecule has 0 spiro atoms. The van der Waals surface area contributed by atoms with Crippen LogP contribution in [0.3, 0.4) is 0 Å². The second kappa shape index (κ2) is 5.76. The van der Waals surface area contributed by atoms with Gasteiger partial charge in [-0.3, -0.25) is 0 Å². The minimum atomic E-state index is -0.572. The highest BCUT2D eigenvalue weighted by molar-refractivity contribution is 9.10. The second-order valence-electron chi connectivity index (χ2n) is 5.36. The summed E-state index contributed by atoms with van der Waals surface area (Å²) in [5.41, 5.74) is 3.76. The SMILES string of the molecule is Oc1cc(-c2nc3cc(-c4ccccc4)ccc3o2)cc(F)c1Br. The van der Waals surface area contributed by atoms with Gasteiger partial charge in [-0.25, -0.2) is 9.37 Å². The summed E-state index contributed by atoms with van der Waals surface area (Å²) < 4.78 is 19.5. The maximum Gasteiger partial charge on any atom is 0.227 e. The zero-order valence-electron chi connectivity index (χ0n) is 12.3. The molecule has 24 heavy (non-hydrogen) atoms. The summed E-state index contributed by atoms with van der Waals surface area (Å²) in [5.74, 6) is -0.508. The first-order valence-corrected chi connectivity index (χ1v) is 8.05. The monoisotopic (exact) mass is 383 g/mol. The van der Waals surface area contributed by atoms with E-state index in [1.807, 2.05) is 48.5 Å². The lowest BCUT2D eigenvalue weighted by molar-refractivity contribution is 0.464. The zero-order chi connectivity index (χ0) is 16.7. The van der Waals surface area contributed by atoms with Crippen LogP contribution < -0.4 is 0 Å². The van der Waals surface area contributed by atoms with E-state index in [-0.39, 0.29) is 16.1 Å². The third kappa shape index (κ3) is 2.57. The number of aromatic hydroxyl groups is 1. The van der Waals surface area contributed by atoms with E-state index < -0.39 is 5.82 Å². The van der Waals surface area contributed by atoms with Crippen molar-refractivity contribution >= 4 is 27.0 Å². The summed E-state index contributed by atoms with van der Waals surface area (Å²) in [6.07, 6.45) is 0. The van der Waals surface area contributed by atoms with Crippen LogP contribution >= 0.6 is 15.9 Å². The van der Waals surface area contributed by atoms with E-state index in [2.05, 4.69) is 20.9 Å². The van der Waals surface area contributed by atoms with Crippen molar-refractivity contribution in [2.75, 3.05) is 0 Å². The number of benzene rings is 3. The van der Waals surface area contributed by atoms with Gasteiger partial charge in [-0.15, -0.1) is 0 Å². The Morgan fingerprint density at radius 3 is 2.46 bits per heavy atom. The number of phenolic OH excluding ortho intramolecular Hbond substituents is 1. The first kappa shape index (κ1) is 14.9. The van der Waals surface area contributed by atoms with Gasteiger partial charge in [0.25, 0.3) is 0 Å². The number of rotatable bonds is 2. The molecule has 3 nitrogen and oxygen atoms in total. The molecular weight excluding hydrogens is 373 g/mol. The van der Waals surface area contributed by atoms with Gasteiger partial charge in [0.1, 0.15) is 17.1 Å². The van der Waals surface area contributed by atoms with Crippen molar-refractivity contribution in [3.63, 3.8) is 0 Å². The normalized spacial score (nSPS) is 11.1. The van der Waals surface area contributed by atoms with Crippen LogP contribution in [0, 0.1) is 5.82 Å². The van der Waals surface area contributed by atoms with Crippen LogP contribution in [0.5, 0.6) is 5.75 Å². The number of nitrogens with zero attached hydrogens (tertiary/aromatic N) is 1. The Morgan fingerprint density at radius 2 is 1.71 bits per heavy atom. The summed E-state index contributed by atoms with van der Waals surface area (Å²) >= 11 is 2.98. The number of fused-ring (bicyclic) bond motifs is 1. The van der Waals surface area contributed by atoms with E-state index >= 15 is 0 Å². The highest BCUT2D eigenvalue weighted by Gasteiger charge is 2.14. The van der Waals surface area contributed by atoms with E-state index in [0.29, 0.717) is 16.7 Å². The van der Waals surface area contributed by atoms with Gasteiger partial charge in [0.05, 0.1) is 4.47 Å². The molecule has 5 heteroatoms. The summed E-state index contributed by atoms with van der Waals surface area (Å²) in [4.78, 5) is 4.42. The average Bonchev–Trinajstić information content (AvgIpc) is 3.03. The van der Waals surface area contributed by atoms with Crippen molar-refractivity contribution in [3.8, 4) is 28.3 Å². The lowest BCUT2D eigenvalue weighted by atomic mass is 10.1. The molecule has 0 saturated heterocycles. The molecule has 118 valence electrons. The standard InChI is InChI=1S/C19H11BrFNO2/c20-18-14(21)8-13(10-16(18)23)19-22-15-9-12(6-7-17(15)24-19)11-4-2-1-3-5-11/h1-10,23H. The molecular formula is C19H11BrFNO2. The van der Waals surface area contributed by atoms with Gasteiger partial charge in [0, 0.05) is 5.56 Å². The predicted octanol–water partition coefficient (Wildman–Crippen LogP) is 5.77. The van der Waals surface area contributed by atoms with Crippen molar-refractivity contribution in [2.45, 2.75) is 0 Å². The Labute approximate surface area is 145 Å². The summed E-state index contributed by atoms with van der Waals surface area (Å²) in [5, 5.41) is 9.75. The third-order valence-corrected chi connectivity index (χ3v) is 4.54. The fraction of sp³-hybridized carbons (Fsp3) is 0. The number of hydrogen-bond acceptors (Lipinski definition) is 3. The van der Waals surface area contributed by atoms with Gasteiger partial charge >= 0.3 is 0 Å². The molecule has 0 amide bonds. The Balaban J connectivity index is 1.82. The third-order valence-electron chi connectivity index (χ3n) is 3.75. The maximum atomic E-state index is 13.8. The van der Waals surface area contributed by atoms with Gasteiger partial charge in [-0.05, 0) is 51.3 Å². The van der Waals surface area contributed by atoms with Gasteiger partial charge in [0.15, 0.2) is 5.58 Å². The van der Waals surface area contributed by atoms with Gasteiger partial charge in [-0.1, -0.05) is 36.4 Å². The average molecular weight is 384 g/mol. The van der Waals surface area contributed by atoms with E-state index in [1.165, 1.54) is 12.1 Å². The summed E-state index contributed by atoms with van der Waals surface area (Å²) in [7, 11) is 0. The molecule has 0 unspecified atom stereocenters. The smallest absolute Gasteiger partial charge is 0.227 e. The lowest BCUT2D eigenvalue weighted by Gasteiger charge is -2.01. The molecule has 0 bridgehead atoms. The van der Waals surface area contributed by atoms with Crippen molar-refractivity contribution in [1.82, 2.24) is 4.98 Å². The fourth-order valence-corrected chi connectivity index (χ4v) is 2.79. The molecule has 1 heterocycles. The zero-order valence-corrected chi connectivity index (χ0v) is 13.9. The van der Waals surface area contributed by atoms with Gasteiger partial charge in [0.2, 0.25) is 5.89 Å². The Hall–Kier alpha value is -2.66. The van der Waals surface area contributed by atoms with E-state index in [1.54, 1.807) is 0 Å². The van der Waals surface area contributed by atoms with E-state index in [4.69, 9.17) is 4.42 Å². The van der Waals surface area contributed by atoms with Crippen LogP contribution in [-0.2, 0) is 0 Å².